The van der Waals surface area contributed by atoms with Crippen LogP contribution in [0.5, 0.6) is 5.75 Å². The number of nitrogens with one attached hydrogen (secondary N) is 1. The van der Waals surface area contributed by atoms with Gasteiger partial charge >= 0.3 is 0 Å². The second kappa shape index (κ2) is 8.47. The number of carbonyl (C=O) groups excluding carboxylic acids is 1. The van der Waals surface area contributed by atoms with E-state index in [1.807, 2.05) is 30.3 Å². The van der Waals surface area contributed by atoms with Crippen molar-refractivity contribution in [3.63, 3.8) is 0 Å². The summed E-state index contributed by atoms with van der Waals surface area (Å²) in [6.07, 6.45) is 0.817. The van der Waals surface area contributed by atoms with E-state index in [1.54, 1.807) is 18.2 Å². The molecule has 0 bridgehead atoms. The highest BCUT2D eigenvalue weighted by Gasteiger charge is 2.35. The highest BCUT2D eigenvalue weighted by molar-refractivity contribution is 7.86. The molecule has 146 valence electrons. The first-order chi connectivity index (χ1) is 12.6. The van der Waals surface area contributed by atoms with E-state index >= 15 is 0 Å². The molecular formula is C18H21FN2O5S. The third-order valence-corrected chi connectivity index (χ3v) is 4.40. The molecule has 9 heteroatoms. The molecule has 0 fully saturated rings. The Morgan fingerprint density at radius 3 is 2.44 bits per heavy atom. The molecule has 0 saturated carbocycles. The Labute approximate surface area is 157 Å². The molecule has 0 aliphatic carbocycles. The van der Waals surface area contributed by atoms with Crippen LogP contribution in [0.25, 0.3) is 11.1 Å². The Morgan fingerprint density at radius 1 is 1.22 bits per heavy atom. The van der Waals surface area contributed by atoms with Gasteiger partial charge in [-0.3, -0.25) is 10.1 Å². The largest absolute Gasteiger partial charge is 0.462 e. The Hall–Kier alpha value is -2.49. The van der Waals surface area contributed by atoms with E-state index in [2.05, 4.69) is 5.32 Å². The van der Waals surface area contributed by atoms with Crippen molar-refractivity contribution in [1.82, 2.24) is 5.32 Å². The average molecular weight is 396 g/mol. The number of primary amides is 1. The number of halogens is 1. The molecule has 2 aromatic rings. The minimum Gasteiger partial charge on any atom is -0.462 e. The van der Waals surface area contributed by atoms with E-state index in [4.69, 9.17) is 14.7 Å². The van der Waals surface area contributed by atoms with Gasteiger partial charge in [-0.05, 0) is 24.1 Å². The maximum Gasteiger partial charge on any atom is 0.266 e. The summed E-state index contributed by atoms with van der Waals surface area (Å²) in [5, 5.41) is 2.67. The third-order valence-electron chi connectivity index (χ3n) is 3.76. The molecule has 3 N–H and O–H groups in total. The molecule has 2 rings (SSSR count). The number of rotatable bonds is 9. The van der Waals surface area contributed by atoms with Crippen LogP contribution in [-0.4, -0.2) is 33.2 Å². The van der Waals surface area contributed by atoms with Crippen molar-refractivity contribution in [2.75, 3.05) is 13.1 Å². The zero-order valence-electron chi connectivity index (χ0n) is 14.9. The van der Waals surface area contributed by atoms with Gasteiger partial charge in [0.15, 0.2) is 0 Å². The molecule has 0 aliphatic heterocycles. The van der Waals surface area contributed by atoms with Crippen LogP contribution in [-0.2, 0) is 25.6 Å². The van der Waals surface area contributed by atoms with Crippen LogP contribution in [0.1, 0.15) is 12.5 Å². The van der Waals surface area contributed by atoms with Gasteiger partial charge in [0.05, 0.1) is 6.26 Å². The lowest BCUT2D eigenvalue weighted by molar-refractivity contribution is -0.134. The normalized spacial score (nSPS) is 13.7. The Bertz CT molecular complexity index is 905. The predicted octanol–water partition coefficient (Wildman–Crippen LogP) is 1.93. The number of hydrogen-bond donors (Lipinski definition) is 2. The molecule has 7 nitrogen and oxygen atoms in total. The van der Waals surface area contributed by atoms with Gasteiger partial charge in [-0.25, -0.2) is 8.57 Å². The Kier molecular flexibility index (Phi) is 6.53. The van der Waals surface area contributed by atoms with Crippen molar-refractivity contribution < 1.29 is 26.5 Å². The van der Waals surface area contributed by atoms with Gasteiger partial charge in [0.2, 0.25) is 12.6 Å². The molecule has 2 aromatic carbocycles. The van der Waals surface area contributed by atoms with E-state index in [0.29, 0.717) is 16.9 Å². The van der Waals surface area contributed by atoms with Crippen molar-refractivity contribution in [2.45, 2.75) is 19.2 Å². The quantitative estimate of drug-likeness (QED) is 0.495. The fraction of sp³-hybridized carbons (Fsp3) is 0.278. The summed E-state index contributed by atoms with van der Waals surface area (Å²) in [6, 6.07) is 14.4. The fourth-order valence-electron chi connectivity index (χ4n) is 2.44. The molecular weight excluding hydrogens is 375 g/mol. The van der Waals surface area contributed by atoms with Gasteiger partial charge < -0.3 is 10.5 Å². The molecule has 0 aromatic heterocycles. The minimum atomic E-state index is -3.93. The lowest BCUT2D eigenvalue weighted by atomic mass is 10.0. The summed E-state index contributed by atoms with van der Waals surface area (Å²) in [5.41, 5.74) is 5.49. The molecule has 0 heterocycles. The molecule has 0 spiro atoms. The fourth-order valence-corrected chi connectivity index (χ4v) is 3.19. The second-order valence-corrected chi connectivity index (χ2v) is 7.56. The lowest BCUT2D eigenvalue weighted by Gasteiger charge is -2.26. The topological polar surface area (TPSA) is 108 Å². The summed E-state index contributed by atoms with van der Waals surface area (Å²) in [7, 11) is -3.93. The van der Waals surface area contributed by atoms with E-state index in [9.17, 15) is 17.6 Å². The highest BCUT2D eigenvalue weighted by atomic mass is 32.2. The van der Waals surface area contributed by atoms with Crippen molar-refractivity contribution in [3.8, 4) is 16.9 Å². The van der Waals surface area contributed by atoms with Gasteiger partial charge in [-0.2, -0.15) is 8.42 Å². The van der Waals surface area contributed by atoms with Crippen LogP contribution in [0.3, 0.4) is 0 Å². The number of amides is 1. The summed E-state index contributed by atoms with van der Waals surface area (Å²) in [4.78, 5) is 11.6. The lowest BCUT2D eigenvalue weighted by Crippen LogP contribution is -2.55. The van der Waals surface area contributed by atoms with Gasteiger partial charge in [-0.15, -0.1) is 0 Å². The number of nitrogens with two attached hydrogens (primary N) is 1. The second-order valence-electron chi connectivity index (χ2n) is 5.99. The monoisotopic (exact) mass is 396 g/mol. The zero-order chi connectivity index (χ0) is 20.1. The number of ether oxygens (including phenoxy) is 1. The number of hydrogen-bond acceptors (Lipinski definition) is 6. The van der Waals surface area contributed by atoms with E-state index in [-0.39, 0.29) is 6.54 Å². The van der Waals surface area contributed by atoms with Crippen LogP contribution in [0.4, 0.5) is 4.39 Å². The molecule has 0 saturated heterocycles. The van der Waals surface area contributed by atoms with Gasteiger partial charge in [0.25, 0.3) is 16.0 Å². The summed E-state index contributed by atoms with van der Waals surface area (Å²) in [6.45, 7) is 0.243. The Morgan fingerprint density at radius 2 is 1.89 bits per heavy atom. The van der Waals surface area contributed by atoms with Crippen molar-refractivity contribution in [1.29, 1.82) is 0 Å². The van der Waals surface area contributed by atoms with Gasteiger partial charge in [0, 0.05) is 12.1 Å². The van der Waals surface area contributed by atoms with Gasteiger partial charge in [-0.1, -0.05) is 42.5 Å². The van der Waals surface area contributed by atoms with Crippen LogP contribution in [0, 0.1) is 0 Å². The van der Waals surface area contributed by atoms with Gasteiger partial charge in [0.1, 0.15) is 5.75 Å². The Balaban J connectivity index is 2.26. The van der Waals surface area contributed by atoms with E-state index in [1.165, 1.54) is 6.92 Å². The number of benzene rings is 2. The molecule has 1 amide bonds. The van der Waals surface area contributed by atoms with E-state index < -0.39 is 28.6 Å². The SMILES string of the molecule is C[C@@](NCc1ccc(-c2ccccc2)c(OCF)c1)(OS(C)(=O)=O)C(N)=O. The molecule has 27 heavy (non-hydrogen) atoms. The molecule has 0 unspecified atom stereocenters. The smallest absolute Gasteiger partial charge is 0.266 e. The average Bonchev–Trinajstić information content (AvgIpc) is 2.60. The first-order valence-corrected chi connectivity index (χ1v) is 9.79. The zero-order valence-corrected chi connectivity index (χ0v) is 15.8. The van der Waals surface area contributed by atoms with Crippen molar-refractivity contribution >= 4 is 16.0 Å². The molecule has 0 aliphatic rings. The van der Waals surface area contributed by atoms with Crippen molar-refractivity contribution in [3.05, 3.63) is 54.1 Å². The molecule has 0 radical (unpaired) electrons. The third kappa shape index (κ3) is 5.75. The maximum atomic E-state index is 12.8. The summed E-state index contributed by atoms with van der Waals surface area (Å²) >= 11 is 0. The van der Waals surface area contributed by atoms with Crippen LogP contribution in [0.2, 0.25) is 0 Å². The predicted molar refractivity (Wildman–Crippen MR) is 98.8 cm³/mol. The summed E-state index contributed by atoms with van der Waals surface area (Å²) < 4.78 is 45.4. The first-order valence-electron chi connectivity index (χ1n) is 7.97. The van der Waals surface area contributed by atoms with Crippen LogP contribution in [0.15, 0.2) is 48.5 Å². The first kappa shape index (κ1) is 20.8. The summed E-state index contributed by atoms with van der Waals surface area (Å²) in [5.74, 6) is -0.679. The van der Waals surface area contributed by atoms with Crippen LogP contribution < -0.4 is 15.8 Å². The van der Waals surface area contributed by atoms with E-state index in [0.717, 1.165) is 11.8 Å². The maximum absolute atomic E-state index is 12.8. The van der Waals surface area contributed by atoms with Crippen molar-refractivity contribution in [2.24, 2.45) is 5.73 Å². The minimum absolute atomic E-state index is 0.0344. The molecule has 1 atom stereocenters. The number of alkyl halides is 1. The highest BCUT2D eigenvalue weighted by Crippen LogP contribution is 2.31. The standard InChI is InChI=1S/C18H21FN2O5S/c1-18(17(20)22,26-27(2,23)24)21-11-13-8-9-15(16(10-13)25-12-19)14-6-4-3-5-7-14/h3-10,21H,11-12H2,1-2H3,(H2,20,22)/t18-/m1/s1. The number of carbonyl (C=O) groups is 1. The van der Waals surface area contributed by atoms with Crippen LogP contribution >= 0.6 is 0 Å².